The summed E-state index contributed by atoms with van der Waals surface area (Å²) in [6.07, 6.45) is 4.90. The van der Waals surface area contributed by atoms with Crippen molar-refractivity contribution in [3.05, 3.63) is 59.2 Å². The van der Waals surface area contributed by atoms with Crippen LogP contribution in [0.2, 0.25) is 0 Å². The van der Waals surface area contributed by atoms with Crippen LogP contribution in [0.5, 0.6) is 0 Å². The molecule has 20 heavy (non-hydrogen) atoms. The Morgan fingerprint density at radius 2 is 2.20 bits per heavy atom. The molecule has 0 aliphatic carbocycles. The third-order valence-corrected chi connectivity index (χ3v) is 3.25. The maximum absolute atomic E-state index is 13.6. The summed E-state index contributed by atoms with van der Waals surface area (Å²) in [7, 11) is 0. The van der Waals surface area contributed by atoms with Crippen LogP contribution in [0.1, 0.15) is 13.0 Å². The number of hydrogen-bond acceptors (Lipinski definition) is 3. The molecule has 0 bridgehead atoms. The average Bonchev–Trinajstić information content (AvgIpc) is 2.93. The number of halogens is 1. The van der Waals surface area contributed by atoms with E-state index in [1.807, 2.05) is 19.2 Å². The van der Waals surface area contributed by atoms with Gasteiger partial charge in [0.15, 0.2) is 0 Å². The molecule has 5 nitrogen and oxygen atoms in total. The lowest BCUT2D eigenvalue weighted by molar-refractivity contribution is 0.425. The number of aromatic nitrogens is 4. The van der Waals surface area contributed by atoms with E-state index in [2.05, 4.69) is 10.1 Å². The van der Waals surface area contributed by atoms with Gasteiger partial charge in [-0.2, -0.15) is 5.10 Å². The SMILES string of the molecule is C[C@@H](Cn1cccn1)n1cnc2c(F)cccc2c1=O. The second-order valence-corrected chi connectivity index (χ2v) is 4.67. The molecule has 3 rings (SSSR count). The topological polar surface area (TPSA) is 52.7 Å². The second kappa shape index (κ2) is 4.88. The summed E-state index contributed by atoms with van der Waals surface area (Å²) in [5, 5.41) is 4.40. The average molecular weight is 272 g/mol. The zero-order valence-corrected chi connectivity index (χ0v) is 10.9. The molecule has 2 aromatic heterocycles. The van der Waals surface area contributed by atoms with Gasteiger partial charge < -0.3 is 0 Å². The highest BCUT2D eigenvalue weighted by Crippen LogP contribution is 2.13. The Bertz CT molecular complexity index is 795. The predicted molar refractivity (Wildman–Crippen MR) is 72.9 cm³/mol. The van der Waals surface area contributed by atoms with E-state index in [1.54, 1.807) is 16.9 Å². The first-order valence-corrected chi connectivity index (χ1v) is 6.29. The molecule has 1 atom stereocenters. The van der Waals surface area contributed by atoms with Gasteiger partial charge in [-0.15, -0.1) is 0 Å². The van der Waals surface area contributed by atoms with Gasteiger partial charge in [-0.05, 0) is 25.1 Å². The van der Waals surface area contributed by atoms with Crippen molar-refractivity contribution in [1.82, 2.24) is 19.3 Å². The van der Waals surface area contributed by atoms with E-state index in [-0.39, 0.29) is 17.1 Å². The maximum Gasteiger partial charge on any atom is 0.261 e. The number of rotatable bonds is 3. The van der Waals surface area contributed by atoms with Crippen molar-refractivity contribution in [1.29, 1.82) is 0 Å². The van der Waals surface area contributed by atoms with Crippen molar-refractivity contribution in [2.45, 2.75) is 19.5 Å². The molecular formula is C14H13FN4O. The van der Waals surface area contributed by atoms with Crippen molar-refractivity contribution in [2.75, 3.05) is 0 Å². The summed E-state index contributed by atoms with van der Waals surface area (Å²) in [6, 6.07) is 6.10. The van der Waals surface area contributed by atoms with Crippen LogP contribution >= 0.6 is 0 Å². The molecule has 0 unspecified atom stereocenters. The van der Waals surface area contributed by atoms with E-state index in [4.69, 9.17) is 0 Å². The van der Waals surface area contributed by atoms with Gasteiger partial charge in [-0.3, -0.25) is 14.0 Å². The first-order valence-electron chi connectivity index (χ1n) is 6.29. The number of benzene rings is 1. The molecule has 3 aromatic rings. The highest BCUT2D eigenvalue weighted by Gasteiger charge is 2.12. The molecule has 0 aliphatic rings. The molecule has 0 saturated heterocycles. The molecular weight excluding hydrogens is 259 g/mol. The van der Waals surface area contributed by atoms with E-state index in [0.29, 0.717) is 11.9 Å². The fourth-order valence-corrected chi connectivity index (χ4v) is 2.21. The van der Waals surface area contributed by atoms with Crippen molar-refractivity contribution in [3.8, 4) is 0 Å². The minimum Gasteiger partial charge on any atom is -0.294 e. The number of fused-ring (bicyclic) bond motifs is 1. The van der Waals surface area contributed by atoms with Crippen LogP contribution in [0.15, 0.2) is 47.8 Å². The summed E-state index contributed by atoms with van der Waals surface area (Å²) in [5.74, 6) is -0.480. The third-order valence-electron chi connectivity index (χ3n) is 3.25. The molecule has 0 fully saturated rings. The number of nitrogens with zero attached hydrogens (tertiary/aromatic N) is 4. The Kier molecular flexibility index (Phi) is 3.06. The summed E-state index contributed by atoms with van der Waals surface area (Å²) in [4.78, 5) is 16.4. The number of hydrogen-bond donors (Lipinski definition) is 0. The predicted octanol–water partition coefficient (Wildman–Crippen LogP) is 1.99. The van der Waals surface area contributed by atoms with Crippen molar-refractivity contribution in [2.24, 2.45) is 0 Å². The number of para-hydroxylation sites is 1. The van der Waals surface area contributed by atoms with Gasteiger partial charge >= 0.3 is 0 Å². The first-order chi connectivity index (χ1) is 9.66. The van der Waals surface area contributed by atoms with Crippen LogP contribution in [0.3, 0.4) is 0 Å². The van der Waals surface area contributed by atoms with E-state index in [9.17, 15) is 9.18 Å². The zero-order chi connectivity index (χ0) is 14.1. The van der Waals surface area contributed by atoms with Gasteiger partial charge in [-0.1, -0.05) is 6.07 Å². The summed E-state index contributed by atoms with van der Waals surface area (Å²) >= 11 is 0. The molecule has 0 amide bonds. The zero-order valence-electron chi connectivity index (χ0n) is 10.9. The molecule has 1 aromatic carbocycles. The summed E-state index contributed by atoms with van der Waals surface area (Å²) < 4.78 is 16.8. The minimum atomic E-state index is -0.480. The van der Waals surface area contributed by atoms with Crippen LogP contribution in [0, 0.1) is 5.82 Å². The first kappa shape index (κ1) is 12.5. The van der Waals surface area contributed by atoms with Crippen LogP contribution < -0.4 is 5.56 Å². The van der Waals surface area contributed by atoms with Gasteiger partial charge in [0, 0.05) is 12.4 Å². The molecule has 102 valence electrons. The van der Waals surface area contributed by atoms with Crippen molar-refractivity contribution >= 4 is 10.9 Å². The van der Waals surface area contributed by atoms with Gasteiger partial charge in [0.1, 0.15) is 11.3 Å². The molecule has 0 radical (unpaired) electrons. The van der Waals surface area contributed by atoms with Crippen molar-refractivity contribution in [3.63, 3.8) is 0 Å². The molecule has 6 heteroatoms. The second-order valence-electron chi connectivity index (χ2n) is 4.67. The minimum absolute atomic E-state index is 0.111. The lowest BCUT2D eigenvalue weighted by Crippen LogP contribution is -2.26. The highest BCUT2D eigenvalue weighted by atomic mass is 19.1. The largest absolute Gasteiger partial charge is 0.294 e. The Morgan fingerprint density at radius 1 is 1.35 bits per heavy atom. The van der Waals surface area contributed by atoms with Gasteiger partial charge in [0.05, 0.1) is 24.3 Å². The fourth-order valence-electron chi connectivity index (χ4n) is 2.21. The van der Waals surface area contributed by atoms with Gasteiger partial charge in [-0.25, -0.2) is 9.37 Å². The quantitative estimate of drug-likeness (QED) is 0.732. The van der Waals surface area contributed by atoms with Gasteiger partial charge in [0.2, 0.25) is 0 Å². The maximum atomic E-state index is 13.6. The summed E-state index contributed by atoms with van der Waals surface area (Å²) in [5.41, 5.74) is -0.130. The monoisotopic (exact) mass is 272 g/mol. The van der Waals surface area contributed by atoms with E-state index >= 15 is 0 Å². The van der Waals surface area contributed by atoms with Crippen LogP contribution in [-0.4, -0.2) is 19.3 Å². The Labute approximate surface area is 114 Å². The standard InChI is InChI=1S/C14H13FN4O/c1-10(8-18-7-3-6-17-18)19-9-16-13-11(14(19)20)4-2-5-12(13)15/h2-7,9-10H,8H2,1H3/t10-/m0/s1. The Morgan fingerprint density at radius 3 is 2.95 bits per heavy atom. The fraction of sp³-hybridized carbons (Fsp3) is 0.214. The Balaban J connectivity index is 2.04. The van der Waals surface area contributed by atoms with Crippen LogP contribution in [-0.2, 0) is 6.54 Å². The lowest BCUT2D eigenvalue weighted by atomic mass is 10.2. The smallest absolute Gasteiger partial charge is 0.261 e. The molecule has 0 spiro atoms. The molecule has 0 N–H and O–H groups in total. The summed E-state index contributed by atoms with van der Waals surface area (Å²) in [6.45, 7) is 2.45. The van der Waals surface area contributed by atoms with E-state index in [1.165, 1.54) is 23.0 Å². The molecule has 0 aliphatic heterocycles. The van der Waals surface area contributed by atoms with Gasteiger partial charge in [0.25, 0.3) is 5.56 Å². The molecule has 0 saturated carbocycles. The highest BCUT2D eigenvalue weighted by molar-refractivity contribution is 5.77. The Hall–Kier alpha value is -2.50. The third kappa shape index (κ3) is 2.09. The van der Waals surface area contributed by atoms with E-state index < -0.39 is 5.82 Å². The normalized spacial score (nSPS) is 12.7. The van der Waals surface area contributed by atoms with Crippen LogP contribution in [0.25, 0.3) is 10.9 Å². The van der Waals surface area contributed by atoms with Crippen LogP contribution in [0.4, 0.5) is 4.39 Å². The lowest BCUT2D eigenvalue weighted by Gasteiger charge is -2.15. The van der Waals surface area contributed by atoms with Crippen molar-refractivity contribution < 1.29 is 4.39 Å². The molecule has 2 heterocycles. The van der Waals surface area contributed by atoms with E-state index in [0.717, 1.165) is 0 Å².